The Kier molecular flexibility index (Phi) is 7.27. The minimum atomic E-state index is -0.492. The second kappa shape index (κ2) is 11.1. The van der Waals surface area contributed by atoms with E-state index in [0.29, 0.717) is 17.9 Å². The summed E-state index contributed by atoms with van der Waals surface area (Å²) in [6, 6.07) is 5.89. The number of aromatic nitrogens is 3. The molecular weight excluding hydrogens is 549 g/mol. The van der Waals surface area contributed by atoms with Crippen LogP contribution in [0.3, 0.4) is 0 Å². The van der Waals surface area contributed by atoms with Crippen LogP contribution in [0.2, 0.25) is 0 Å². The molecule has 1 saturated carbocycles. The van der Waals surface area contributed by atoms with Crippen molar-refractivity contribution in [3.8, 4) is 17.2 Å². The lowest BCUT2D eigenvalue weighted by atomic mass is 9.61. The molecule has 3 aromatic rings. The lowest BCUT2D eigenvalue weighted by molar-refractivity contribution is -0.0353. The molecule has 3 aliphatic heterocycles. The molecule has 1 spiro atoms. The number of anilines is 1. The minimum Gasteiger partial charge on any atom is -0.490 e. The monoisotopic (exact) mass is 587 g/mol. The van der Waals surface area contributed by atoms with Crippen molar-refractivity contribution in [1.82, 2.24) is 24.8 Å². The second-order valence-corrected chi connectivity index (χ2v) is 13.1. The number of likely N-dealkylation sites (tertiary alicyclic amines) is 1. The van der Waals surface area contributed by atoms with Crippen LogP contribution >= 0.6 is 0 Å². The highest BCUT2D eigenvalue weighted by Crippen LogP contribution is 2.52. The summed E-state index contributed by atoms with van der Waals surface area (Å²) >= 11 is 0. The van der Waals surface area contributed by atoms with Crippen LogP contribution in [0.4, 0.5) is 10.2 Å². The normalized spacial score (nSPS) is 21.0. The van der Waals surface area contributed by atoms with E-state index in [4.69, 9.17) is 15.2 Å². The molecule has 0 radical (unpaired) electrons. The Morgan fingerprint density at radius 1 is 1.07 bits per heavy atom. The minimum absolute atomic E-state index is 0.0133. The Hall–Kier alpha value is -3.67. The van der Waals surface area contributed by atoms with E-state index >= 15 is 0 Å². The highest BCUT2D eigenvalue weighted by atomic mass is 19.1. The van der Waals surface area contributed by atoms with Crippen LogP contribution in [0.25, 0.3) is 0 Å². The highest BCUT2D eigenvalue weighted by Gasteiger charge is 2.54. The largest absolute Gasteiger partial charge is 0.490 e. The van der Waals surface area contributed by atoms with Crippen LogP contribution in [0, 0.1) is 11.2 Å². The molecule has 2 N–H and O–H groups in total. The van der Waals surface area contributed by atoms with E-state index in [1.165, 1.54) is 24.0 Å². The van der Waals surface area contributed by atoms with E-state index in [1.807, 2.05) is 12.3 Å². The Labute approximate surface area is 251 Å². The van der Waals surface area contributed by atoms with Crippen molar-refractivity contribution < 1.29 is 18.7 Å². The maximum Gasteiger partial charge on any atom is 0.188 e. The van der Waals surface area contributed by atoms with Gasteiger partial charge in [0.15, 0.2) is 17.9 Å². The summed E-state index contributed by atoms with van der Waals surface area (Å²) in [5, 5.41) is 0. The fraction of sp³-hybridized carbons (Fsp3) is 0.500. The number of nitrogens with zero attached hydrogens (tertiary/aromatic N) is 6. The fourth-order valence-electron chi connectivity index (χ4n) is 7.20. The van der Waals surface area contributed by atoms with Gasteiger partial charge in [-0.05, 0) is 63.5 Å². The van der Waals surface area contributed by atoms with E-state index in [1.54, 1.807) is 6.20 Å². The first-order valence-electron chi connectivity index (χ1n) is 15.1. The molecule has 0 atom stereocenters. The molecule has 10 nitrogen and oxygen atoms in total. The average molecular weight is 588 g/mol. The number of hydrogen-bond acceptors (Lipinski definition) is 10. The molecule has 3 fully saturated rings. The van der Waals surface area contributed by atoms with Crippen molar-refractivity contribution >= 4 is 12.1 Å². The van der Waals surface area contributed by atoms with Crippen molar-refractivity contribution in [3.05, 3.63) is 65.6 Å². The summed E-state index contributed by atoms with van der Waals surface area (Å²) in [5.41, 5.74) is 8.87. The van der Waals surface area contributed by atoms with E-state index in [2.05, 4.69) is 36.6 Å². The van der Waals surface area contributed by atoms with Crippen LogP contribution < -0.4 is 20.1 Å². The van der Waals surface area contributed by atoms with Gasteiger partial charge >= 0.3 is 0 Å². The molecule has 226 valence electrons. The lowest BCUT2D eigenvalue weighted by Crippen LogP contribution is -2.65. The van der Waals surface area contributed by atoms with Crippen LogP contribution in [0.5, 0.6) is 17.2 Å². The molecule has 2 saturated heterocycles. The van der Waals surface area contributed by atoms with Gasteiger partial charge in [0.05, 0.1) is 11.8 Å². The molecule has 1 aromatic carbocycles. The number of benzene rings is 1. The number of pyridine rings is 1. The molecule has 0 unspecified atom stereocenters. The summed E-state index contributed by atoms with van der Waals surface area (Å²) in [7, 11) is 0. The number of ether oxygens (including phenoxy) is 2. The first-order chi connectivity index (χ1) is 20.8. The molecular formula is C32H38FN7O3. The van der Waals surface area contributed by atoms with E-state index in [-0.39, 0.29) is 28.4 Å². The van der Waals surface area contributed by atoms with Crippen molar-refractivity contribution in [2.24, 2.45) is 11.1 Å². The van der Waals surface area contributed by atoms with Gasteiger partial charge in [0.2, 0.25) is 0 Å². The Bertz CT molecular complexity index is 1500. The number of carbonyl (C=O) groups is 1. The summed E-state index contributed by atoms with van der Waals surface area (Å²) < 4.78 is 26.1. The van der Waals surface area contributed by atoms with E-state index < -0.39 is 5.82 Å². The number of rotatable bonds is 10. The number of carbonyl (C=O) groups excluding carboxylic acids is 1. The van der Waals surface area contributed by atoms with Gasteiger partial charge in [-0.1, -0.05) is 0 Å². The first-order valence-corrected chi connectivity index (χ1v) is 15.1. The third-order valence-electron chi connectivity index (χ3n) is 9.21. The zero-order valence-corrected chi connectivity index (χ0v) is 24.5. The maximum absolute atomic E-state index is 13.6. The molecule has 5 heterocycles. The molecule has 2 aromatic heterocycles. The zero-order valence-electron chi connectivity index (χ0n) is 24.5. The highest BCUT2D eigenvalue weighted by molar-refractivity contribution is 5.79. The smallest absolute Gasteiger partial charge is 0.188 e. The first kappa shape index (κ1) is 28.1. The molecule has 0 bridgehead atoms. The third-order valence-corrected chi connectivity index (χ3v) is 9.21. The molecule has 4 aliphatic rings. The quantitative estimate of drug-likeness (QED) is 0.354. The van der Waals surface area contributed by atoms with Gasteiger partial charge in [-0.3, -0.25) is 19.6 Å². The van der Waals surface area contributed by atoms with E-state index in [0.717, 1.165) is 95.6 Å². The van der Waals surface area contributed by atoms with Crippen LogP contribution in [-0.2, 0) is 13.0 Å². The predicted molar refractivity (Wildman–Crippen MR) is 159 cm³/mol. The molecule has 7 rings (SSSR count). The van der Waals surface area contributed by atoms with E-state index in [9.17, 15) is 9.18 Å². The van der Waals surface area contributed by atoms with Gasteiger partial charge in [-0.2, -0.15) is 0 Å². The summed E-state index contributed by atoms with van der Waals surface area (Å²) in [6.07, 6.45) is 9.76. The number of halogens is 1. The van der Waals surface area contributed by atoms with Crippen molar-refractivity contribution in [1.29, 1.82) is 0 Å². The SMILES string of the molecule is CC1(N)CN(CCCN2CCc3nccc(OC4CC5(C4)CN(c4ncncc4Oc4ccc(F)cc4C=O)C5)c3C2)C1. The van der Waals surface area contributed by atoms with Gasteiger partial charge in [0.1, 0.15) is 29.7 Å². The van der Waals surface area contributed by atoms with Crippen molar-refractivity contribution in [3.63, 3.8) is 0 Å². The van der Waals surface area contributed by atoms with Crippen molar-refractivity contribution in [2.75, 3.05) is 50.7 Å². The summed E-state index contributed by atoms with van der Waals surface area (Å²) in [6.45, 7) is 9.87. The number of hydrogen-bond donors (Lipinski definition) is 1. The topological polar surface area (TPSA) is 110 Å². The summed E-state index contributed by atoms with van der Waals surface area (Å²) in [4.78, 5) is 31.8. The predicted octanol–water partition coefficient (Wildman–Crippen LogP) is 3.44. The number of nitrogens with two attached hydrogens (primary N) is 1. The van der Waals surface area contributed by atoms with Crippen LogP contribution in [-0.4, -0.2) is 88.5 Å². The van der Waals surface area contributed by atoms with Gasteiger partial charge in [0, 0.05) is 74.1 Å². The zero-order chi connectivity index (χ0) is 29.6. The Morgan fingerprint density at radius 2 is 1.88 bits per heavy atom. The van der Waals surface area contributed by atoms with Crippen LogP contribution in [0.15, 0.2) is 43.0 Å². The van der Waals surface area contributed by atoms with Gasteiger partial charge < -0.3 is 20.1 Å². The number of aldehydes is 1. The Balaban J connectivity index is 0.925. The third kappa shape index (κ3) is 5.81. The second-order valence-electron chi connectivity index (χ2n) is 13.1. The molecule has 0 amide bonds. The van der Waals surface area contributed by atoms with Crippen molar-refractivity contribution in [2.45, 2.75) is 50.8 Å². The van der Waals surface area contributed by atoms with Gasteiger partial charge in [0.25, 0.3) is 0 Å². The fourth-order valence-corrected chi connectivity index (χ4v) is 7.20. The standard InChI is InChI=1S/C32H38FN7O3/c1-31(34)17-39(18-31)9-2-8-38-10-6-26-25(15-38)28(5-7-36-26)42-24-12-32(13-24)19-40(20-32)30-29(14-35-21-37-30)43-27-4-3-23(33)11-22(27)16-41/h3-5,7,11,14,16,21,24H,2,6,8-10,12-13,15,17-20,34H2,1H3. The van der Waals surface area contributed by atoms with Gasteiger partial charge in [-0.15, -0.1) is 0 Å². The number of fused-ring (bicyclic) bond motifs is 1. The average Bonchev–Trinajstić information content (AvgIpc) is 2.94. The summed E-state index contributed by atoms with van der Waals surface area (Å²) in [5.74, 6) is 1.86. The molecule has 1 aliphatic carbocycles. The molecule has 11 heteroatoms. The van der Waals surface area contributed by atoms with Gasteiger partial charge in [-0.25, -0.2) is 14.4 Å². The van der Waals surface area contributed by atoms with Crippen LogP contribution in [0.1, 0.15) is 47.8 Å². The maximum atomic E-state index is 13.6. The lowest BCUT2D eigenvalue weighted by Gasteiger charge is -2.59. The molecule has 43 heavy (non-hydrogen) atoms. The Morgan fingerprint density at radius 3 is 2.67 bits per heavy atom.